The molecule has 7 heteroatoms. The predicted molar refractivity (Wildman–Crippen MR) is 84.1 cm³/mol. The second-order valence-electron chi connectivity index (χ2n) is 5.76. The van der Waals surface area contributed by atoms with Gasteiger partial charge in [0.2, 0.25) is 11.7 Å². The van der Waals surface area contributed by atoms with Crippen LogP contribution in [-0.4, -0.2) is 39.0 Å². The van der Waals surface area contributed by atoms with Crippen molar-refractivity contribution in [3.8, 4) is 11.4 Å². The van der Waals surface area contributed by atoms with Crippen molar-refractivity contribution in [2.75, 3.05) is 13.1 Å². The smallest absolute Gasteiger partial charge is 0.289 e. The van der Waals surface area contributed by atoms with Crippen molar-refractivity contribution >= 4 is 5.91 Å². The van der Waals surface area contributed by atoms with Crippen molar-refractivity contribution in [2.45, 2.75) is 18.8 Å². The van der Waals surface area contributed by atoms with E-state index in [1.54, 1.807) is 29.4 Å². The molecule has 7 nitrogen and oxygen atoms in total. The molecule has 3 aromatic rings. The lowest BCUT2D eigenvalue weighted by molar-refractivity contribution is 0.0663. The molecule has 1 unspecified atom stereocenters. The summed E-state index contributed by atoms with van der Waals surface area (Å²) >= 11 is 0. The maximum atomic E-state index is 12.4. The van der Waals surface area contributed by atoms with Crippen molar-refractivity contribution in [3.05, 3.63) is 54.6 Å². The number of nitrogens with zero attached hydrogens (tertiary/aromatic N) is 4. The molecule has 0 bridgehead atoms. The number of pyridine rings is 1. The highest BCUT2D eigenvalue weighted by Gasteiger charge is 2.30. The molecule has 0 N–H and O–H groups in total. The summed E-state index contributed by atoms with van der Waals surface area (Å²) in [6.07, 6.45) is 6.70. The largest absolute Gasteiger partial charge is 0.459 e. The molecular weight excluding hydrogens is 308 g/mol. The van der Waals surface area contributed by atoms with Crippen molar-refractivity contribution in [3.63, 3.8) is 0 Å². The maximum absolute atomic E-state index is 12.4. The van der Waals surface area contributed by atoms with Crippen molar-refractivity contribution in [2.24, 2.45) is 0 Å². The average molecular weight is 324 g/mol. The number of carbonyl (C=O) groups is 1. The predicted octanol–water partition coefficient (Wildman–Crippen LogP) is 2.74. The first-order chi connectivity index (χ1) is 11.8. The van der Waals surface area contributed by atoms with Gasteiger partial charge in [0.1, 0.15) is 0 Å². The highest BCUT2D eigenvalue weighted by Crippen LogP contribution is 2.28. The Morgan fingerprint density at radius 1 is 1.25 bits per heavy atom. The number of amides is 1. The second-order valence-corrected chi connectivity index (χ2v) is 5.76. The highest BCUT2D eigenvalue weighted by molar-refractivity contribution is 5.91. The average Bonchev–Trinajstić information content (AvgIpc) is 3.34. The van der Waals surface area contributed by atoms with Gasteiger partial charge in [-0.1, -0.05) is 5.16 Å². The highest BCUT2D eigenvalue weighted by atomic mass is 16.5. The summed E-state index contributed by atoms with van der Waals surface area (Å²) in [5.74, 6) is 1.42. The van der Waals surface area contributed by atoms with Gasteiger partial charge >= 0.3 is 0 Å². The van der Waals surface area contributed by atoms with E-state index in [4.69, 9.17) is 8.94 Å². The fourth-order valence-corrected chi connectivity index (χ4v) is 2.94. The van der Waals surface area contributed by atoms with Gasteiger partial charge in [-0.2, -0.15) is 4.98 Å². The molecule has 0 saturated carbocycles. The van der Waals surface area contributed by atoms with Crippen LogP contribution >= 0.6 is 0 Å². The zero-order valence-electron chi connectivity index (χ0n) is 13.0. The number of hydrogen-bond donors (Lipinski definition) is 0. The summed E-state index contributed by atoms with van der Waals surface area (Å²) in [5, 5.41) is 4.05. The summed E-state index contributed by atoms with van der Waals surface area (Å²) in [6, 6.07) is 7.07. The van der Waals surface area contributed by atoms with Crippen molar-refractivity contribution in [1.29, 1.82) is 0 Å². The Hall–Kier alpha value is -2.96. The molecule has 3 aromatic heterocycles. The molecule has 0 aliphatic carbocycles. The zero-order valence-corrected chi connectivity index (χ0v) is 13.0. The molecule has 0 spiro atoms. The van der Waals surface area contributed by atoms with Gasteiger partial charge < -0.3 is 13.8 Å². The van der Waals surface area contributed by atoms with Gasteiger partial charge in [0.25, 0.3) is 5.91 Å². The molecule has 1 amide bonds. The van der Waals surface area contributed by atoms with E-state index in [0.29, 0.717) is 30.6 Å². The van der Waals surface area contributed by atoms with Crippen LogP contribution in [0.25, 0.3) is 11.4 Å². The van der Waals surface area contributed by atoms with Crippen LogP contribution < -0.4 is 0 Å². The van der Waals surface area contributed by atoms with Crippen molar-refractivity contribution < 1.29 is 13.7 Å². The molecule has 0 radical (unpaired) electrons. The Labute approximate surface area is 138 Å². The van der Waals surface area contributed by atoms with Gasteiger partial charge in [-0.15, -0.1) is 0 Å². The number of furan rings is 1. The Morgan fingerprint density at radius 2 is 2.12 bits per heavy atom. The minimum Gasteiger partial charge on any atom is -0.459 e. The number of hydrogen-bond acceptors (Lipinski definition) is 6. The molecule has 1 fully saturated rings. The first kappa shape index (κ1) is 14.6. The number of rotatable bonds is 3. The van der Waals surface area contributed by atoms with E-state index >= 15 is 0 Å². The monoisotopic (exact) mass is 324 g/mol. The lowest BCUT2D eigenvalue weighted by Crippen LogP contribution is -2.39. The minimum atomic E-state index is -0.0985. The van der Waals surface area contributed by atoms with Crippen molar-refractivity contribution in [1.82, 2.24) is 20.0 Å². The topological polar surface area (TPSA) is 85.3 Å². The lowest BCUT2D eigenvalue weighted by Gasteiger charge is -2.30. The van der Waals surface area contributed by atoms with Gasteiger partial charge in [-0.3, -0.25) is 9.78 Å². The Balaban J connectivity index is 1.50. The standard InChI is InChI=1S/C17H16N4O3/c22-17(14-4-2-10-23-14)21-9-1-3-13(11-21)16-19-15(20-24-16)12-5-7-18-8-6-12/h2,4-8,10,13H,1,3,9,11H2. The van der Waals surface area contributed by atoms with E-state index in [-0.39, 0.29) is 11.8 Å². The van der Waals surface area contributed by atoms with Crippen LogP contribution in [0.3, 0.4) is 0 Å². The molecule has 0 aromatic carbocycles. The van der Waals surface area contributed by atoms with Crippen LogP contribution in [0.2, 0.25) is 0 Å². The maximum Gasteiger partial charge on any atom is 0.289 e. The first-order valence-electron chi connectivity index (χ1n) is 7.88. The van der Waals surface area contributed by atoms with E-state index in [0.717, 1.165) is 18.4 Å². The molecule has 4 rings (SSSR count). The molecule has 1 saturated heterocycles. The first-order valence-corrected chi connectivity index (χ1v) is 7.88. The van der Waals surface area contributed by atoms with E-state index in [9.17, 15) is 4.79 Å². The van der Waals surface area contributed by atoms with Crippen LogP contribution in [0.4, 0.5) is 0 Å². The summed E-state index contributed by atoms with van der Waals surface area (Å²) in [7, 11) is 0. The molecule has 1 atom stereocenters. The minimum absolute atomic E-state index is 0.0424. The Morgan fingerprint density at radius 3 is 2.92 bits per heavy atom. The van der Waals surface area contributed by atoms with Crippen LogP contribution in [0.15, 0.2) is 51.9 Å². The van der Waals surface area contributed by atoms with Gasteiger partial charge in [0.05, 0.1) is 12.2 Å². The molecular formula is C17H16N4O3. The number of piperidine rings is 1. The van der Waals surface area contributed by atoms with Crippen LogP contribution in [0.5, 0.6) is 0 Å². The third kappa shape index (κ3) is 2.80. The fraction of sp³-hybridized carbons (Fsp3) is 0.294. The third-order valence-electron chi connectivity index (χ3n) is 4.17. The van der Waals surface area contributed by atoms with Crippen LogP contribution in [-0.2, 0) is 0 Å². The summed E-state index contributed by atoms with van der Waals surface area (Å²) in [4.78, 5) is 22.7. The molecule has 122 valence electrons. The SMILES string of the molecule is O=C(c1ccco1)N1CCCC(c2nc(-c3ccncc3)no2)C1. The molecule has 24 heavy (non-hydrogen) atoms. The van der Waals surface area contributed by atoms with Gasteiger partial charge in [-0.05, 0) is 37.1 Å². The molecule has 4 heterocycles. The molecule has 1 aliphatic heterocycles. The summed E-state index contributed by atoms with van der Waals surface area (Å²) in [6.45, 7) is 1.26. The third-order valence-corrected chi connectivity index (χ3v) is 4.17. The van der Waals surface area contributed by atoms with E-state index in [1.165, 1.54) is 6.26 Å². The number of aromatic nitrogens is 3. The van der Waals surface area contributed by atoms with E-state index in [1.807, 2.05) is 12.1 Å². The van der Waals surface area contributed by atoms with Gasteiger partial charge in [0.15, 0.2) is 5.76 Å². The quantitative estimate of drug-likeness (QED) is 0.736. The van der Waals surface area contributed by atoms with Gasteiger partial charge in [-0.25, -0.2) is 0 Å². The Bertz CT molecular complexity index is 814. The van der Waals surface area contributed by atoms with E-state index < -0.39 is 0 Å². The van der Waals surface area contributed by atoms with E-state index in [2.05, 4.69) is 15.1 Å². The normalized spacial score (nSPS) is 17.8. The van der Waals surface area contributed by atoms with Crippen LogP contribution in [0, 0.1) is 0 Å². The zero-order chi connectivity index (χ0) is 16.4. The number of carbonyl (C=O) groups excluding carboxylic acids is 1. The summed E-state index contributed by atoms with van der Waals surface area (Å²) < 4.78 is 10.6. The summed E-state index contributed by atoms with van der Waals surface area (Å²) in [5.41, 5.74) is 0.860. The Kier molecular flexibility index (Phi) is 3.82. The van der Waals surface area contributed by atoms with Gasteiger partial charge in [0, 0.05) is 31.0 Å². The number of likely N-dealkylation sites (tertiary alicyclic amines) is 1. The fourth-order valence-electron chi connectivity index (χ4n) is 2.94. The molecule has 1 aliphatic rings. The lowest BCUT2D eigenvalue weighted by atomic mass is 9.97. The van der Waals surface area contributed by atoms with Crippen LogP contribution in [0.1, 0.15) is 35.2 Å². The second kappa shape index (κ2) is 6.27.